The van der Waals surface area contributed by atoms with Crippen molar-refractivity contribution in [3.8, 4) is 0 Å². The van der Waals surface area contributed by atoms with Gasteiger partial charge in [0, 0.05) is 37.0 Å². The molecule has 148 valence electrons. The van der Waals surface area contributed by atoms with Gasteiger partial charge in [-0.15, -0.1) is 4.40 Å². The van der Waals surface area contributed by atoms with Crippen molar-refractivity contribution < 1.29 is 13.2 Å². The van der Waals surface area contributed by atoms with Crippen LogP contribution in [0.25, 0.3) is 0 Å². The number of nitrogens with zero attached hydrogens (tertiary/aromatic N) is 2. The number of sulfonamides is 1. The summed E-state index contributed by atoms with van der Waals surface area (Å²) in [6.07, 6.45) is 3.61. The van der Waals surface area contributed by atoms with Crippen LogP contribution < -0.4 is 5.32 Å². The van der Waals surface area contributed by atoms with Crippen molar-refractivity contribution in [1.82, 2.24) is 4.90 Å². The van der Waals surface area contributed by atoms with Crippen LogP contribution in [0.2, 0.25) is 0 Å². The second-order valence-corrected chi connectivity index (χ2v) is 9.09. The van der Waals surface area contributed by atoms with Crippen molar-refractivity contribution in [2.75, 3.05) is 25.2 Å². The minimum absolute atomic E-state index is 0.111. The molecule has 0 aromatic heterocycles. The number of amidine groups is 1. The highest BCUT2D eigenvalue weighted by atomic mass is 32.2. The SMILES string of the molecule is CSCc1ccc(C(=O)Nc2ccc(S(=O)(=O)N=C3CCCN3C)cc2)cc1. The Labute approximate surface area is 170 Å². The second kappa shape index (κ2) is 8.79. The minimum Gasteiger partial charge on any atom is -0.362 e. The Kier molecular flexibility index (Phi) is 6.41. The molecule has 0 aliphatic carbocycles. The smallest absolute Gasteiger partial charge is 0.283 e. The highest BCUT2D eigenvalue weighted by Gasteiger charge is 2.20. The summed E-state index contributed by atoms with van der Waals surface area (Å²) in [5.74, 6) is 1.25. The summed E-state index contributed by atoms with van der Waals surface area (Å²) in [6.45, 7) is 0.817. The van der Waals surface area contributed by atoms with E-state index in [1.807, 2.05) is 30.3 Å². The van der Waals surface area contributed by atoms with Gasteiger partial charge in [0.25, 0.3) is 15.9 Å². The average Bonchev–Trinajstić information content (AvgIpc) is 3.07. The normalized spacial score (nSPS) is 15.8. The van der Waals surface area contributed by atoms with Crippen molar-refractivity contribution >= 4 is 39.2 Å². The van der Waals surface area contributed by atoms with E-state index < -0.39 is 10.0 Å². The molecule has 1 saturated heterocycles. The van der Waals surface area contributed by atoms with Gasteiger partial charge < -0.3 is 10.2 Å². The van der Waals surface area contributed by atoms with E-state index in [2.05, 4.69) is 9.71 Å². The van der Waals surface area contributed by atoms with Crippen LogP contribution in [0.1, 0.15) is 28.8 Å². The first kappa shape index (κ1) is 20.4. The lowest BCUT2D eigenvalue weighted by atomic mass is 10.1. The molecular weight excluding hydrogens is 394 g/mol. The molecule has 1 fully saturated rings. The quantitative estimate of drug-likeness (QED) is 0.777. The summed E-state index contributed by atoms with van der Waals surface area (Å²) < 4.78 is 28.9. The van der Waals surface area contributed by atoms with Crippen LogP contribution in [0.4, 0.5) is 5.69 Å². The third-order valence-corrected chi connectivity index (χ3v) is 6.44. The van der Waals surface area contributed by atoms with Crippen LogP contribution >= 0.6 is 11.8 Å². The first-order valence-electron chi connectivity index (χ1n) is 8.93. The Bertz CT molecular complexity index is 969. The lowest BCUT2D eigenvalue weighted by Gasteiger charge is -2.11. The van der Waals surface area contributed by atoms with Gasteiger partial charge in [-0.2, -0.15) is 20.2 Å². The third-order valence-electron chi connectivity index (χ3n) is 4.50. The summed E-state index contributed by atoms with van der Waals surface area (Å²) in [5, 5.41) is 2.79. The fraction of sp³-hybridized carbons (Fsp3) is 0.300. The Morgan fingerprint density at radius 1 is 1.14 bits per heavy atom. The van der Waals surface area contributed by atoms with Gasteiger partial charge in [-0.05, 0) is 54.6 Å². The zero-order valence-electron chi connectivity index (χ0n) is 15.9. The molecule has 28 heavy (non-hydrogen) atoms. The predicted octanol–water partition coefficient (Wildman–Crippen LogP) is 3.61. The molecule has 0 radical (unpaired) electrons. The number of anilines is 1. The van der Waals surface area contributed by atoms with Gasteiger partial charge in [-0.3, -0.25) is 4.79 Å². The molecule has 2 aromatic rings. The number of carbonyl (C=O) groups excluding carboxylic acids is 1. The van der Waals surface area contributed by atoms with Gasteiger partial charge in [0.05, 0.1) is 4.90 Å². The van der Waals surface area contributed by atoms with Gasteiger partial charge in [0.15, 0.2) is 0 Å². The van der Waals surface area contributed by atoms with Crippen molar-refractivity contribution in [3.63, 3.8) is 0 Å². The molecule has 1 amide bonds. The van der Waals surface area contributed by atoms with Crippen molar-refractivity contribution in [2.24, 2.45) is 4.40 Å². The summed E-state index contributed by atoms with van der Waals surface area (Å²) in [7, 11) is -1.91. The maximum atomic E-state index is 12.5. The summed E-state index contributed by atoms with van der Waals surface area (Å²) in [4.78, 5) is 14.3. The van der Waals surface area contributed by atoms with Crippen molar-refractivity contribution in [1.29, 1.82) is 0 Å². The summed E-state index contributed by atoms with van der Waals surface area (Å²) in [6, 6.07) is 13.5. The van der Waals surface area contributed by atoms with Crippen LogP contribution in [-0.4, -0.2) is 44.9 Å². The minimum atomic E-state index is -3.75. The highest BCUT2D eigenvalue weighted by Crippen LogP contribution is 2.20. The Morgan fingerprint density at radius 2 is 1.82 bits per heavy atom. The monoisotopic (exact) mass is 417 g/mol. The van der Waals surface area contributed by atoms with E-state index in [9.17, 15) is 13.2 Å². The molecule has 0 unspecified atom stereocenters. The van der Waals surface area contributed by atoms with Crippen LogP contribution in [-0.2, 0) is 15.8 Å². The molecular formula is C20H23N3O3S2. The molecule has 8 heteroatoms. The lowest BCUT2D eigenvalue weighted by molar-refractivity contribution is 0.102. The Hall–Kier alpha value is -2.32. The number of benzene rings is 2. The number of likely N-dealkylation sites (tertiary alicyclic amines) is 1. The highest BCUT2D eigenvalue weighted by molar-refractivity contribution is 7.97. The van der Waals surface area contributed by atoms with Crippen molar-refractivity contribution in [3.05, 3.63) is 59.7 Å². The van der Waals surface area contributed by atoms with Gasteiger partial charge in [0.2, 0.25) is 0 Å². The van der Waals surface area contributed by atoms with E-state index in [1.165, 1.54) is 12.1 Å². The zero-order chi connectivity index (χ0) is 20.1. The zero-order valence-corrected chi connectivity index (χ0v) is 17.5. The Balaban J connectivity index is 1.69. The number of amides is 1. The molecule has 1 aliphatic rings. The third kappa shape index (κ3) is 4.94. The number of hydrogen-bond acceptors (Lipinski definition) is 4. The fourth-order valence-electron chi connectivity index (χ4n) is 2.93. The number of thioether (sulfide) groups is 1. The van der Waals surface area contributed by atoms with E-state index in [0.717, 1.165) is 24.3 Å². The molecule has 6 nitrogen and oxygen atoms in total. The maximum absolute atomic E-state index is 12.5. The predicted molar refractivity (Wildman–Crippen MR) is 115 cm³/mol. The molecule has 1 heterocycles. The van der Waals surface area contributed by atoms with Crippen LogP contribution in [0.3, 0.4) is 0 Å². The van der Waals surface area contributed by atoms with Gasteiger partial charge in [-0.25, -0.2) is 0 Å². The van der Waals surface area contributed by atoms with E-state index in [0.29, 0.717) is 23.5 Å². The number of rotatable bonds is 6. The topological polar surface area (TPSA) is 78.8 Å². The molecule has 0 bridgehead atoms. The Morgan fingerprint density at radius 3 is 2.39 bits per heavy atom. The molecule has 2 aromatic carbocycles. The number of carbonyl (C=O) groups is 1. The first-order chi connectivity index (χ1) is 13.4. The van der Waals surface area contributed by atoms with Gasteiger partial charge in [0.1, 0.15) is 5.84 Å². The maximum Gasteiger partial charge on any atom is 0.283 e. The van der Waals surface area contributed by atoms with E-state index in [4.69, 9.17) is 0 Å². The molecule has 0 saturated carbocycles. The van der Waals surface area contributed by atoms with Gasteiger partial charge >= 0.3 is 0 Å². The van der Waals surface area contributed by atoms with Crippen LogP contribution in [0, 0.1) is 0 Å². The standard InChI is InChI=1S/C20H23N3O3S2/c1-23-13-3-4-19(23)22-28(25,26)18-11-9-17(10-12-18)21-20(24)16-7-5-15(6-8-16)14-27-2/h5-12H,3-4,13-14H2,1-2H3,(H,21,24). The van der Waals surface area contributed by atoms with Crippen molar-refractivity contribution in [2.45, 2.75) is 23.5 Å². The number of hydrogen-bond donors (Lipinski definition) is 1. The largest absolute Gasteiger partial charge is 0.362 e. The molecule has 1 N–H and O–H groups in total. The van der Waals surface area contributed by atoms with E-state index in [-0.39, 0.29) is 10.8 Å². The summed E-state index contributed by atoms with van der Waals surface area (Å²) in [5.41, 5.74) is 2.24. The average molecular weight is 418 g/mol. The second-order valence-electron chi connectivity index (χ2n) is 6.62. The fourth-order valence-corrected chi connectivity index (χ4v) is 4.55. The molecule has 3 rings (SSSR count). The molecule has 1 aliphatic heterocycles. The molecule has 0 spiro atoms. The molecule has 0 atom stereocenters. The van der Waals surface area contributed by atoms with Gasteiger partial charge in [-0.1, -0.05) is 12.1 Å². The lowest BCUT2D eigenvalue weighted by Crippen LogP contribution is -2.20. The first-order valence-corrected chi connectivity index (χ1v) is 11.8. The van der Waals surface area contributed by atoms with Crippen LogP contribution in [0.15, 0.2) is 57.8 Å². The van der Waals surface area contributed by atoms with E-state index >= 15 is 0 Å². The van der Waals surface area contributed by atoms with E-state index in [1.54, 1.807) is 36.0 Å². The van der Waals surface area contributed by atoms with Crippen LogP contribution in [0.5, 0.6) is 0 Å². The number of nitrogens with one attached hydrogen (secondary N) is 1. The summed E-state index contributed by atoms with van der Waals surface area (Å²) >= 11 is 1.72.